The summed E-state index contributed by atoms with van der Waals surface area (Å²) < 4.78 is 0. The molecule has 0 atom stereocenters. The van der Waals surface area contributed by atoms with Crippen molar-refractivity contribution in [1.82, 2.24) is 0 Å². The summed E-state index contributed by atoms with van der Waals surface area (Å²) in [5.41, 5.74) is 0. The van der Waals surface area contributed by atoms with Gasteiger partial charge in [-0.05, 0) is 0 Å². The molecule has 0 amide bonds. The van der Waals surface area contributed by atoms with E-state index in [1.54, 1.807) is 0 Å². The summed E-state index contributed by atoms with van der Waals surface area (Å²) >= 11 is 0. The predicted molar refractivity (Wildman–Crippen MR) is 0 cm³/mol. The largest absolute Gasteiger partial charge is 4.00 e. The predicted octanol–water partition coefficient (Wildman–Crippen LogP) is -0.0400. The third kappa shape index (κ3) is 122. The topological polar surface area (TPSA) is 0 Å². The van der Waals surface area contributed by atoms with Crippen molar-refractivity contribution < 1.29 is 326 Å². The molecule has 16 heavy (non-hydrogen) atoms. The summed E-state index contributed by atoms with van der Waals surface area (Å²) in [6, 6.07) is 0. The Kier molecular flexibility index (Phi) is 1350. The van der Waals surface area contributed by atoms with Gasteiger partial charge in [-0.1, -0.05) is 0 Å². The normalized spacial score (nSPS) is 0. The van der Waals surface area contributed by atoms with Gasteiger partial charge < -0.3 is 0 Å². The minimum atomic E-state index is 0. The van der Waals surface area contributed by atoms with E-state index in [2.05, 4.69) is 0 Å². The van der Waals surface area contributed by atoms with E-state index in [-0.39, 0.29) is 326 Å². The van der Waals surface area contributed by atoms with Crippen LogP contribution in [0.1, 0.15) is 0 Å². The first kappa shape index (κ1) is 156. The Morgan fingerprint density at radius 3 is 0.125 bits per heavy atom. The monoisotopic (exact) mass is 3100 g/mol. The van der Waals surface area contributed by atoms with Crippen LogP contribution in [0.4, 0.5) is 0 Å². The summed E-state index contributed by atoms with van der Waals surface area (Å²) in [6.45, 7) is 0. The molecule has 0 aliphatic carbocycles. The molecule has 0 aliphatic heterocycles. The molecule has 0 saturated heterocycles. The molecular formula is Ir12Pt4+16. The third-order valence-corrected chi connectivity index (χ3v) is 0. The molecule has 132 valence electrons. The van der Waals surface area contributed by atoms with Gasteiger partial charge in [0.15, 0.2) is 0 Å². The Morgan fingerprint density at radius 1 is 0.125 bits per heavy atom. The van der Waals surface area contributed by atoms with Crippen molar-refractivity contribution in [3.8, 4) is 0 Å². The molecule has 0 N–H and O–H groups in total. The van der Waals surface area contributed by atoms with E-state index >= 15 is 0 Å². The van der Waals surface area contributed by atoms with Crippen LogP contribution < -0.4 is 0 Å². The minimum Gasteiger partial charge on any atom is 0 e. The van der Waals surface area contributed by atoms with Gasteiger partial charge in [0, 0.05) is 241 Å². The van der Waals surface area contributed by atoms with Crippen LogP contribution in [-0.4, -0.2) is 0 Å². The van der Waals surface area contributed by atoms with Crippen LogP contribution in [0.25, 0.3) is 0 Å². The molecule has 0 nitrogen and oxygen atoms in total. The zero-order valence-corrected chi connectivity index (χ0v) is 43.1. The second kappa shape index (κ2) is 138. The molecule has 0 saturated carbocycles. The van der Waals surface area contributed by atoms with E-state index in [1.165, 1.54) is 0 Å². The fourth-order valence-electron chi connectivity index (χ4n) is 0. The van der Waals surface area contributed by atoms with Gasteiger partial charge >= 0.3 is 84.3 Å². The number of hydrogen-bond donors (Lipinski definition) is 0. The first-order valence-electron chi connectivity index (χ1n) is 0. The van der Waals surface area contributed by atoms with Crippen molar-refractivity contribution in [3.63, 3.8) is 0 Å². The molecule has 0 heterocycles. The summed E-state index contributed by atoms with van der Waals surface area (Å²) in [6.07, 6.45) is 0. The van der Waals surface area contributed by atoms with Crippen molar-refractivity contribution in [2.24, 2.45) is 0 Å². The maximum Gasteiger partial charge on any atom is 4.00 e. The van der Waals surface area contributed by atoms with Crippen LogP contribution >= 0.6 is 0 Å². The van der Waals surface area contributed by atoms with Crippen LogP contribution in [0.15, 0.2) is 0 Å². The van der Waals surface area contributed by atoms with Crippen LogP contribution in [-0.2, 0) is 326 Å². The SMILES string of the molecule is [Ir].[Ir].[Ir].[Ir].[Ir].[Ir].[Ir].[Ir].[Ir].[Ir].[Ir].[Ir].[Pt+4].[Pt+4].[Pt+4].[Pt+4]. The van der Waals surface area contributed by atoms with E-state index in [9.17, 15) is 0 Å². The van der Waals surface area contributed by atoms with Gasteiger partial charge in [-0.15, -0.1) is 0 Å². The zero-order chi connectivity index (χ0) is 0. The average Bonchev–Trinajstić information content (AvgIpc) is 0. The quantitative estimate of drug-likeness (QED) is 0.320. The van der Waals surface area contributed by atoms with Gasteiger partial charge in [-0.3, -0.25) is 0 Å². The van der Waals surface area contributed by atoms with Crippen molar-refractivity contribution >= 4 is 0 Å². The van der Waals surface area contributed by atoms with E-state index in [1.807, 2.05) is 0 Å². The minimum absolute atomic E-state index is 0. The summed E-state index contributed by atoms with van der Waals surface area (Å²) in [5, 5.41) is 0. The molecule has 0 fully saturated rings. The summed E-state index contributed by atoms with van der Waals surface area (Å²) in [4.78, 5) is 0. The van der Waals surface area contributed by atoms with Gasteiger partial charge in [0.25, 0.3) is 0 Å². The van der Waals surface area contributed by atoms with Crippen molar-refractivity contribution in [2.75, 3.05) is 0 Å². The third-order valence-electron chi connectivity index (χ3n) is 0. The van der Waals surface area contributed by atoms with E-state index < -0.39 is 0 Å². The van der Waals surface area contributed by atoms with Gasteiger partial charge in [0.05, 0.1) is 0 Å². The number of rotatable bonds is 0. The molecule has 0 spiro atoms. The van der Waals surface area contributed by atoms with Crippen LogP contribution in [0.2, 0.25) is 0 Å². The molecule has 16 heteroatoms. The fourth-order valence-corrected chi connectivity index (χ4v) is 0. The van der Waals surface area contributed by atoms with Crippen LogP contribution in [0.5, 0.6) is 0 Å². The fraction of sp³-hybridized carbons (Fsp3) is 0. The Balaban J connectivity index is 0. The van der Waals surface area contributed by atoms with Gasteiger partial charge in [-0.2, -0.15) is 0 Å². The molecule has 0 aromatic rings. The maximum absolute atomic E-state index is 0. The second-order valence-electron chi connectivity index (χ2n) is 0. The summed E-state index contributed by atoms with van der Waals surface area (Å²) in [7, 11) is 0. The Morgan fingerprint density at radius 2 is 0.125 bits per heavy atom. The van der Waals surface area contributed by atoms with Crippen molar-refractivity contribution in [1.29, 1.82) is 0 Å². The molecule has 0 aromatic carbocycles. The molecule has 0 aromatic heterocycles. The molecular weight excluding hydrogens is 3090 g/mol. The molecule has 0 rings (SSSR count). The molecule has 0 unspecified atom stereocenters. The molecule has 12 radical (unpaired) electrons. The Labute approximate surface area is 317 Å². The van der Waals surface area contributed by atoms with Crippen molar-refractivity contribution in [3.05, 3.63) is 0 Å². The zero-order valence-electron chi connectivity index (χ0n) is 5.26. The maximum atomic E-state index is 0. The first-order valence-corrected chi connectivity index (χ1v) is 0. The van der Waals surface area contributed by atoms with Crippen LogP contribution in [0, 0.1) is 0 Å². The van der Waals surface area contributed by atoms with E-state index in [0.29, 0.717) is 0 Å². The van der Waals surface area contributed by atoms with Gasteiger partial charge in [0.2, 0.25) is 0 Å². The van der Waals surface area contributed by atoms with Crippen molar-refractivity contribution in [2.45, 2.75) is 0 Å². The smallest absolute Gasteiger partial charge is 0 e. The standard InChI is InChI=1S/12Ir.4Pt/q;;;;;;;;;;;;4*+4. The Hall–Kier alpha value is 10.5. The second-order valence-corrected chi connectivity index (χ2v) is 0. The first-order chi connectivity index (χ1) is 0. The van der Waals surface area contributed by atoms with Crippen LogP contribution in [0.3, 0.4) is 0 Å². The van der Waals surface area contributed by atoms with E-state index in [0.717, 1.165) is 0 Å². The van der Waals surface area contributed by atoms with E-state index in [4.69, 9.17) is 0 Å². The average molecular weight is 3090 g/mol. The van der Waals surface area contributed by atoms with Gasteiger partial charge in [0.1, 0.15) is 0 Å². The van der Waals surface area contributed by atoms with Gasteiger partial charge in [-0.25, -0.2) is 0 Å². The summed E-state index contributed by atoms with van der Waals surface area (Å²) in [5.74, 6) is 0. The molecule has 0 bridgehead atoms. The molecule has 0 aliphatic rings. The number of hydrogen-bond acceptors (Lipinski definition) is 0. The Bertz CT molecular complexity index is 13.0.